The Hall–Kier alpha value is -2.32. The molecule has 0 aromatic heterocycles. The van der Waals surface area contributed by atoms with Crippen molar-refractivity contribution in [3.8, 4) is 6.07 Å². The Morgan fingerprint density at radius 1 is 1.35 bits per heavy atom. The summed E-state index contributed by atoms with van der Waals surface area (Å²) >= 11 is 0. The lowest BCUT2D eigenvalue weighted by molar-refractivity contribution is -0.112. The smallest absolute Gasteiger partial charge is 0.267 e. The van der Waals surface area contributed by atoms with E-state index in [1.54, 1.807) is 6.20 Å². The van der Waals surface area contributed by atoms with Gasteiger partial charge in [-0.2, -0.15) is 5.26 Å². The van der Waals surface area contributed by atoms with E-state index in [0.29, 0.717) is 6.04 Å². The lowest BCUT2D eigenvalue weighted by Gasteiger charge is -2.34. The lowest BCUT2D eigenvalue weighted by Crippen LogP contribution is -2.40. The molecular weight excluding hydrogens is 324 g/mol. The summed E-state index contributed by atoms with van der Waals surface area (Å²) in [5.74, 6) is -0.353. The van der Waals surface area contributed by atoms with Crippen LogP contribution in [0.5, 0.6) is 0 Å². The largest absolute Gasteiger partial charge is 0.376 e. The fourth-order valence-corrected chi connectivity index (χ4v) is 3.18. The highest BCUT2D eigenvalue weighted by molar-refractivity contribution is 6.06. The number of benzene rings is 1. The minimum Gasteiger partial charge on any atom is -0.376 e. The molecule has 26 heavy (non-hydrogen) atoms. The minimum absolute atomic E-state index is 0.140. The molecule has 5 nitrogen and oxygen atoms in total. The van der Waals surface area contributed by atoms with Gasteiger partial charge in [-0.3, -0.25) is 4.79 Å². The summed E-state index contributed by atoms with van der Waals surface area (Å²) in [6, 6.07) is 10.3. The molecule has 1 saturated heterocycles. The molecule has 1 heterocycles. The molecule has 0 unspecified atom stereocenters. The van der Waals surface area contributed by atoms with E-state index in [1.807, 2.05) is 42.3 Å². The Kier molecular flexibility index (Phi) is 7.68. The fraction of sp³-hybridized carbons (Fsp3) is 0.524. The number of hydrogen-bond acceptors (Lipinski definition) is 4. The second kappa shape index (κ2) is 9.98. The summed E-state index contributed by atoms with van der Waals surface area (Å²) in [5, 5.41) is 12.2. The van der Waals surface area contributed by atoms with E-state index in [4.69, 9.17) is 0 Å². The van der Waals surface area contributed by atoms with E-state index < -0.39 is 0 Å². The van der Waals surface area contributed by atoms with Crippen LogP contribution in [-0.2, 0) is 11.2 Å². The molecule has 5 heteroatoms. The third kappa shape index (κ3) is 5.89. The number of amides is 1. The zero-order valence-corrected chi connectivity index (χ0v) is 16.2. The Morgan fingerprint density at radius 3 is 2.58 bits per heavy atom. The maximum Gasteiger partial charge on any atom is 0.267 e. The zero-order valence-electron chi connectivity index (χ0n) is 16.2. The van der Waals surface area contributed by atoms with Gasteiger partial charge in [0.05, 0.1) is 0 Å². The van der Waals surface area contributed by atoms with Gasteiger partial charge in [-0.05, 0) is 63.5 Å². The van der Waals surface area contributed by atoms with Crippen molar-refractivity contribution in [2.75, 3.05) is 32.5 Å². The molecule has 1 aromatic carbocycles. The quantitative estimate of drug-likeness (QED) is 0.602. The number of carbonyl (C=O) groups is 1. The van der Waals surface area contributed by atoms with E-state index in [-0.39, 0.29) is 11.5 Å². The molecule has 0 aliphatic carbocycles. The van der Waals surface area contributed by atoms with E-state index in [0.717, 1.165) is 44.5 Å². The molecule has 1 aliphatic heterocycles. The van der Waals surface area contributed by atoms with Crippen molar-refractivity contribution in [2.45, 2.75) is 45.1 Å². The van der Waals surface area contributed by atoms with Crippen molar-refractivity contribution in [3.05, 3.63) is 41.6 Å². The van der Waals surface area contributed by atoms with Crippen molar-refractivity contribution in [3.63, 3.8) is 0 Å². The molecule has 0 saturated carbocycles. The van der Waals surface area contributed by atoms with Crippen molar-refractivity contribution in [1.29, 1.82) is 5.26 Å². The first kappa shape index (κ1) is 20.0. The first-order valence-electron chi connectivity index (χ1n) is 9.46. The van der Waals surface area contributed by atoms with Crippen LogP contribution in [0.15, 0.2) is 36.0 Å². The number of nitrogens with zero attached hydrogens (tertiary/aromatic N) is 3. The SMILES string of the molecule is CCCCc1ccc(NC(=O)/C(C#N)=C\N(C)C2CCN(C)CC2)cc1. The molecular formula is C21H30N4O. The molecule has 140 valence electrons. The molecule has 0 spiro atoms. The molecule has 1 aliphatic rings. The molecule has 1 N–H and O–H groups in total. The summed E-state index contributed by atoms with van der Waals surface area (Å²) < 4.78 is 0. The summed E-state index contributed by atoms with van der Waals surface area (Å²) in [4.78, 5) is 16.7. The number of piperidine rings is 1. The number of nitriles is 1. The number of rotatable bonds is 7. The van der Waals surface area contributed by atoms with Gasteiger partial charge >= 0.3 is 0 Å². The average Bonchev–Trinajstić information content (AvgIpc) is 2.65. The maximum absolute atomic E-state index is 12.4. The summed E-state index contributed by atoms with van der Waals surface area (Å²) in [6.07, 6.45) is 7.15. The molecule has 1 amide bonds. The second-order valence-electron chi connectivity index (χ2n) is 7.11. The fourth-order valence-electron chi connectivity index (χ4n) is 3.18. The van der Waals surface area contributed by atoms with Crippen LogP contribution >= 0.6 is 0 Å². The highest BCUT2D eigenvalue weighted by Crippen LogP contribution is 2.16. The van der Waals surface area contributed by atoms with Gasteiger partial charge in [-0.1, -0.05) is 25.5 Å². The van der Waals surface area contributed by atoms with Gasteiger partial charge in [0.1, 0.15) is 11.6 Å². The van der Waals surface area contributed by atoms with Crippen molar-refractivity contribution in [2.24, 2.45) is 0 Å². The average molecular weight is 354 g/mol. The normalized spacial score (nSPS) is 16.2. The van der Waals surface area contributed by atoms with Crippen molar-refractivity contribution in [1.82, 2.24) is 9.80 Å². The molecule has 1 fully saturated rings. The van der Waals surface area contributed by atoms with Crippen LogP contribution in [0.1, 0.15) is 38.2 Å². The van der Waals surface area contributed by atoms with Gasteiger partial charge in [0, 0.05) is 25.0 Å². The molecule has 0 bridgehead atoms. The van der Waals surface area contributed by atoms with Gasteiger partial charge in [0.25, 0.3) is 5.91 Å². The Bertz CT molecular complexity index is 652. The van der Waals surface area contributed by atoms with Crippen LogP contribution in [0.2, 0.25) is 0 Å². The lowest BCUT2D eigenvalue weighted by atomic mass is 10.0. The minimum atomic E-state index is -0.353. The summed E-state index contributed by atoms with van der Waals surface area (Å²) in [7, 11) is 4.07. The van der Waals surface area contributed by atoms with Crippen LogP contribution in [0.25, 0.3) is 0 Å². The predicted molar refractivity (Wildman–Crippen MR) is 106 cm³/mol. The van der Waals surface area contributed by atoms with E-state index in [2.05, 4.69) is 24.2 Å². The van der Waals surface area contributed by atoms with Crippen molar-refractivity contribution < 1.29 is 4.79 Å². The van der Waals surface area contributed by atoms with Crippen LogP contribution in [-0.4, -0.2) is 48.9 Å². The third-order valence-electron chi connectivity index (χ3n) is 4.99. The number of aryl methyl sites for hydroxylation is 1. The standard InChI is InChI=1S/C21H30N4O/c1-4-5-6-17-7-9-19(10-8-17)23-21(26)18(15-22)16-25(3)20-11-13-24(2)14-12-20/h7-10,16,20H,4-6,11-14H2,1-3H3,(H,23,26)/b18-16-. The topological polar surface area (TPSA) is 59.4 Å². The number of unbranched alkanes of at least 4 members (excludes halogenated alkanes) is 1. The molecule has 0 atom stereocenters. The van der Waals surface area contributed by atoms with Crippen LogP contribution in [0.4, 0.5) is 5.69 Å². The predicted octanol–water partition coefficient (Wildman–Crippen LogP) is 3.40. The summed E-state index contributed by atoms with van der Waals surface area (Å²) in [6.45, 7) is 4.26. The molecule has 1 aromatic rings. The van der Waals surface area contributed by atoms with Gasteiger partial charge in [-0.15, -0.1) is 0 Å². The highest BCUT2D eigenvalue weighted by atomic mass is 16.1. The van der Waals surface area contributed by atoms with Crippen LogP contribution < -0.4 is 5.32 Å². The van der Waals surface area contributed by atoms with Gasteiger partial charge in [0.15, 0.2) is 0 Å². The van der Waals surface area contributed by atoms with Gasteiger partial charge in [-0.25, -0.2) is 0 Å². The maximum atomic E-state index is 12.4. The zero-order chi connectivity index (χ0) is 18.9. The van der Waals surface area contributed by atoms with Crippen LogP contribution in [0, 0.1) is 11.3 Å². The van der Waals surface area contributed by atoms with E-state index in [9.17, 15) is 10.1 Å². The molecule has 0 radical (unpaired) electrons. The second-order valence-corrected chi connectivity index (χ2v) is 7.11. The number of likely N-dealkylation sites (tertiary alicyclic amines) is 1. The third-order valence-corrected chi connectivity index (χ3v) is 4.99. The number of anilines is 1. The van der Waals surface area contributed by atoms with Gasteiger partial charge in [0.2, 0.25) is 0 Å². The molecule has 2 rings (SSSR count). The van der Waals surface area contributed by atoms with E-state index >= 15 is 0 Å². The number of carbonyl (C=O) groups excluding carboxylic acids is 1. The number of nitrogens with one attached hydrogen (secondary N) is 1. The Morgan fingerprint density at radius 2 is 2.00 bits per heavy atom. The highest BCUT2D eigenvalue weighted by Gasteiger charge is 2.20. The van der Waals surface area contributed by atoms with Crippen molar-refractivity contribution >= 4 is 11.6 Å². The Labute approximate surface area is 157 Å². The van der Waals surface area contributed by atoms with Crippen LogP contribution in [0.3, 0.4) is 0 Å². The first-order valence-corrected chi connectivity index (χ1v) is 9.46. The van der Waals surface area contributed by atoms with Gasteiger partial charge < -0.3 is 15.1 Å². The first-order chi connectivity index (χ1) is 12.5. The summed E-state index contributed by atoms with van der Waals surface area (Å²) in [5.41, 5.74) is 2.13. The van der Waals surface area contributed by atoms with E-state index in [1.165, 1.54) is 12.0 Å². The number of hydrogen-bond donors (Lipinski definition) is 1. The Balaban J connectivity index is 1.96. The monoisotopic (exact) mass is 354 g/mol.